The van der Waals surface area contributed by atoms with Gasteiger partial charge < -0.3 is 4.57 Å². The van der Waals surface area contributed by atoms with Crippen LogP contribution in [-0.2, 0) is 11.8 Å². The lowest BCUT2D eigenvalue weighted by Crippen LogP contribution is -2.09. The molecule has 0 N–H and O–H groups in total. The molecule has 2 rings (SSSR count). The lowest BCUT2D eigenvalue weighted by molar-refractivity contribution is 0.558. The molecule has 0 aliphatic heterocycles. The molecular formula is C13H15BrClN3. The molecule has 0 saturated heterocycles. The largest absolute Gasteiger partial charge is 0.311 e. The molecule has 0 aliphatic rings. The zero-order valence-electron chi connectivity index (χ0n) is 10.4. The molecular weight excluding hydrogens is 314 g/mol. The van der Waals surface area contributed by atoms with Crippen LogP contribution in [0.3, 0.4) is 0 Å². The van der Waals surface area contributed by atoms with Crippen LogP contribution < -0.4 is 0 Å². The van der Waals surface area contributed by atoms with Crippen molar-refractivity contribution in [1.29, 1.82) is 0 Å². The molecule has 0 fully saturated rings. The van der Waals surface area contributed by atoms with Crippen molar-refractivity contribution in [3.8, 4) is 0 Å². The smallest absolute Gasteiger partial charge is 0.143 e. The molecule has 3 nitrogen and oxygen atoms in total. The summed E-state index contributed by atoms with van der Waals surface area (Å²) in [5.41, 5.74) is 1.15. The van der Waals surface area contributed by atoms with E-state index in [1.54, 1.807) is 0 Å². The Morgan fingerprint density at radius 1 is 1.28 bits per heavy atom. The van der Waals surface area contributed by atoms with Gasteiger partial charge in [-0.1, -0.05) is 39.7 Å². The van der Waals surface area contributed by atoms with Gasteiger partial charge in [-0.15, -0.1) is 10.2 Å². The fraction of sp³-hybridized carbons (Fsp3) is 0.385. The highest BCUT2D eigenvalue weighted by Crippen LogP contribution is 2.18. The summed E-state index contributed by atoms with van der Waals surface area (Å²) in [6.07, 6.45) is 0.749. The maximum Gasteiger partial charge on any atom is 0.143 e. The molecule has 0 saturated carbocycles. The highest BCUT2D eigenvalue weighted by molar-refractivity contribution is 9.08. The molecule has 2 aromatic rings. The normalized spacial score (nSPS) is 11.2. The molecule has 0 aliphatic carbocycles. The third-order valence-corrected chi connectivity index (χ3v) is 3.46. The second kappa shape index (κ2) is 5.85. The van der Waals surface area contributed by atoms with Crippen molar-refractivity contribution in [2.45, 2.75) is 31.6 Å². The first-order valence-electron chi connectivity index (χ1n) is 5.85. The lowest BCUT2D eigenvalue weighted by Gasteiger charge is -2.13. The summed E-state index contributed by atoms with van der Waals surface area (Å²) >= 11 is 9.44. The van der Waals surface area contributed by atoms with Gasteiger partial charge in [-0.2, -0.15) is 0 Å². The van der Waals surface area contributed by atoms with Gasteiger partial charge in [-0.25, -0.2) is 0 Å². The van der Waals surface area contributed by atoms with Crippen LogP contribution in [0.2, 0.25) is 5.02 Å². The number of alkyl halides is 1. The van der Waals surface area contributed by atoms with Crippen LogP contribution in [0.1, 0.15) is 37.1 Å². The summed E-state index contributed by atoms with van der Waals surface area (Å²) in [7, 11) is 0. The Morgan fingerprint density at radius 2 is 2.00 bits per heavy atom. The SMILES string of the molecule is CC(C)n1c(CBr)nnc1Cc1cccc(Cl)c1. The lowest BCUT2D eigenvalue weighted by atomic mass is 10.1. The number of aromatic nitrogens is 3. The molecule has 1 aromatic heterocycles. The molecule has 0 bridgehead atoms. The van der Waals surface area contributed by atoms with Gasteiger partial charge in [0.25, 0.3) is 0 Å². The molecule has 18 heavy (non-hydrogen) atoms. The molecule has 0 radical (unpaired) electrons. The molecule has 1 aromatic carbocycles. The van der Waals surface area contributed by atoms with E-state index in [9.17, 15) is 0 Å². The maximum absolute atomic E-state index is 6.00. The Balaban J connectivity index is 2.32. The van der Waals surface area contributed by atoms with Crippen LogP contribution in [0, 0.1) is 0 Å². The number of hydrogen-bond acceptors (Lipinski definition) is 2. The van der Waals surface area contributed by atoms with E-state index < -0.39 is 0 Å². The van der Waals surface area contributed by atoms with Gasteiger partial charge >= 0.3 is 0 Å². The second-order valence-electron chi connectivity index (χ2n) is 4.44. The molecule has 0 spiro atoms. The summed E-state index contributed by atoms with van der Waals surface area (Å²) in [6.45, 7) is 4.27. The van der Waals surface area contributed by atoms with Crippen LogP contribution in [0.4, 0.5) is 0 Å². The van der Waals surface area contributed by atoms with Gasteiger partial charge in [0.15, 0.2) is 0 Å². The van der Waals surface area contributed by atoms with E-state index in [1.165, 1.54) is 0 Å². The summed E-state index contributed by atoms with van der Waals surface area (Å²) in [6, 6.07) is 8.21. The third kappa shape index (κ3) is 2.93. The zero-order chi connectivity index (χ0) is 13.1. The van der Waals surface area contributed by atoms with Crippen LogP contribution in [0.5, 0.6) is 0 Å². The van der Waals surface area contributed by atoms with E-state index >= 15 is 0 Å². The highest BCUT2D eigenvalue weighted by atomic mass is 79.9. The molecule has 96 valence electrons. The fourth-order valence-corrected chi connectivity index (χ4v) is 2.59. The van der Waals surface area contributed by atoms with Gasteiger partial charge in [0.1, 0.15) is 11.6 Å². The Morgan fingerprint density at radius 3 is 2.61 bits per heavy atom. The van der Waals surface area contributed by atoms with Crippen LogP contribution in [0.15, 0.2) is 24.3 Å². The van der Waals surface area contributed by atoms with Crippen molar-refractivity contribution in [2.75, 3.05) is 0 Å². The average molecular weight is 329 g/mol. The van der Waals surface area contributed by atoms with Gasteiger partial charge in [0, 0.05) is 17.5 Å². The summed E-state index contributed by atoms with van der Waals surface area (Å²) in [5, 5.41) is 9.95. The Bertz CT molecular complexity index is 537. The Labute approximate surface area is 120 Å². The fourth-order valence-electron chi connectivity index (χ4n) is 2.00. The van der Waals surface area contributed by atoms with Gasteiger partial charge in [0.2, 0.25) is 0 Å². The second-order valence-corrected chi connectivity index (χ2v) is 5.43. The standard InChI is InChI=1S/C13H15BrClN3/c1-9(2)18-12(16-17-13(18)8-14)7-10-4-3-5-11(15)6-10/h3-6,9H,7-8H2,1-2H3. The first-order chi connectivity index (χ1) is 8.61. The number of hydrogen-bond donors (Lipinski definition) is 0. The molecule has 0 atom stereocenters. The van der Waals surface area contributed by atoms with Crippen molar-refractivity contribution in [2.24, 2.45) is 0 Å². The number of nitrogens with zero attached hydrogens (tertiary/aromatic N) is 3. The zero-order valence-corrected chi connectivity index (χ0v) is 12.7. The minimum absolute atomic E-state index is 0.349. The van der Waals surface area contributed by atoms with Crippen molar-refractivity contribution in [3.63, 3.8) is 0 Å². The van der Waals surface area contributed by atoms with E-state index in [4.69, 9.17) is 11.6 Å². The van der Waals surface area contributed by atoms with E-state index in [1.807, 2.05) is 18.2 Å². The first-order valence-corrected chi connectivity index (χ1v) is 7.35. The van der Waals surface area contributed by atoms with Crippen LogP contribution in [-0.4, -0.2) is 14.8 Å². The molecule has 0 amide bonds. The molecule has 1 heterocycles. The quantitative estimate of drug-likeness (QED) is 0.794. The predicted molar refractivity (Wildman–Crippen MR) is 77.3 cm³/mol. The van der Waals surface area contributed by atoms with Crippen molar-refractivity contribution < 1.29 is 0 Å². The topological polar surface area (TPSA) is 30.7 Å². The van der Waals surface area contributed by atoms with Crippen molar-refractivity contribution in [1.82, 2.24) is 14.8 Å². The van der Waals surface area contributed by atoms with E-state index in [-0.39, 0.29) is 0 Å². The van der Waals surface area contributed by atoms with Crippen LogP contribution in [0.25, 0.3) is 0 Å². The monoisotopic (exact) mass is 327 g/mol. The molecule has 0 unspecified atom stereocenters. The van der Waals surface area contributed by atoms with Gasteiger partial charge in [-0.05, 0) is 31.5 Å². The minimum atomic E-state index is 0.349. The van der Waals surface area contributed by atoms with Gasteiger partial charge in [0.05, 0.1) is 5.33 Å². The number of benzene rings is 1. The third-order valence-electron chi connectivity index (χ3n) is 2.72. The highest BCUT2D eigenvalue weighted by Gasteiger charge is 2.14. The number of rotatable bonds is 4. The van der Waals surface area contributed by atoms with E-state index in [2.05, 4.69) is 50.6 Å². The van der Waals surface area contributed by atoms with E-state index in [0.29, 0.717) is 11.4 Å². The van der Waals surface area contributed by atoms with Crippen LogP contribution >= 0.6 is 27.5 Å². The summed E-state index contributed by atoms with van der Waals surface area (Å²) < 4.78 is 2.16. The minimum Gasteiger partial charge on any atom is -0.311 e. The maximum atomic E-state index is 6.00. The number of halogens is 2. The first kappa shape index (κ1) is 13.6. The summed E-state index contributed by atoms with van der Waals surface area (Å²) in [5.74, 6) is 1.93. The Hall–Kier alpha value is -0.870. The van der Waals surface area contributed by atoms with E-state index in [0.717, 1.165) is 28.7 Å². The van der Waals surface area contributed by atoms with Gasteiger partial charge in [-0.3, -0.25) is 0 Å². The predicted octanol–water partition coefficient (Wildman–Crippen LogP) is 4.00. The Kier molecular flexibility index (Phi) is 4.40. The van der Waals surface area contributed by atoms with Crippen molar-refractivity contribution in [3.05, 3.63) is 46.5 Å². The summed E-state index contributed by atoms with van der Waals surface area (Å²) in [4.78, 5) is 0. The average Bonchev–Trinajstić information content (AvgIpc) is 2.72. The van der Waals surface area contributed by atoms with Crippen molar-refractivity contribution >= 4 is 27.5 Å². The molecule has 5 heteroatoms.